The molecule has 0 unspecified atom stereocenters. The average molecular weight is 222 g/mol. The molecule has 16 heavy (non-hydrogen) atoms. The van der Waals surface area contributed by atoms with Crippen LogP contribution in [-0.2, 0) is 6.61 Å². The van der Waals surface area contributed by atoms with E-state index < -0.39 is 0 Å². The van der Waals surface area contributed by atoms with Gasteiger partial charge in [0, 0.05) is 0 Å². The third-order valence-corrected chi connectivity index (χ3v) is 2.09. The van der Waals surface area contributed by atoms with Gasteiger partial charge in [-0.1, -0.05) is 54.3 Å². The van der Waals surface area contributed by atoms with E-state index in [1.807, 2.05) is 30.3 Å². The zero-order valence-corrected chi connectivity index (χ0v) is 11.2. The molecule has 0 saturated heterocycles. The summed E-state index contributed by atoms with van der Waals surface area (Å²) in [6.07, 6.45) is 0. The summed E-state index contributed by atoms with van der Waals surface area (Å²) in [4.78, 5) is 0. The Hall–Kier alpha value is -0.960. The summed E-state index contributed by atoms with van der Waals surface area (Å²) in [6, 6.07) is 16.5. The summed E-state index contributed by atoms with van der Waals surface area (Å²) in [5.41, 5.74) is 1.06. The van der Waals surface area contributed by atoms with E-state index in [0.717, 1.165) is 5.56 Å². The molecule has 0 aliphatic heterocycles. The van der Waals surface area contributed by atoms with Gasteiger partial charge in [0.25, 0.3) is 0 Å². The number of ether oxygens (including phenoxy) is 1. The second-order valence-corrected chi connectivity index (χ2v) is 3.22. The standard InChI is InChI=1S/C13H12O2.Na/c14-12-8-4-5-9-13(12)15-10-11-6-2-1-3-7-11;/h1-9,14H,10H2;/q;+1/p-1. The van der Waals surface area contributed by atoms with E-state index in [1.54, 1.807) is 18.2 Å². The van der Waals surface area contributed by atoms with Gasteiger partial charge in [-0.2, -0.15) is 0 Å². The summed E-state index contributed by atoms with van der Waals surface area (Å²) in [7, 11) is 0. The van der Waals surface area contributed by atoms with E-state index in [9.17, 15) is 5.11 Å². The number of para-hydroxylation sites is 2. The van der Waals surface area contributed by atoms with Crippen molar-refractivity contribution in [1.29, 1.82) is 0 Å². The van der Waals surface area contributed by atoms with E-state index in [4.69, 9.17) is 4.74 Å². The molecule has 0 saturated carbocycles. The zero-order chi connectivity index (χ0) is 10.5. The molecule has 0 spiro atoms. The van der Waals surface area contributed by atoms with Crippen LogP contribution in [0.4, 0.5) is 0 Å². The SMILES string of the molecule is [Na+].[O-]c1ccccc1OCc1ccccc1. The second kappa shape index (κ2) is 6.59. The molecule has 0 aliphatic rings. The van der Waals surface area contributed by atoms with Gasteiger partial charge < -0.3 is 9.84 Å². The summed E-state index contributed by atoms with van der Waals surface area (Å²) in [5.74, 6) is 0.329. The van der Waals surface area contributed by atoms with Gasteiger partial charge in [0.15, 0.2) is 0 Å². The smallest absolute Gasteiger partial charge is 0.870 e. The molecular formula is C13H11NaO2. The molecule has 2 aromatic carbocycles. The van der Waals surface area contributed by atoms with Crippen LogP contribution < -0.4 is 39.4 Å². The van der Waals surface area contributed by atoms with Crippen LogP contribution in [0, 0.1) is 0 Å². The quantitative estimate of drug-likeness (QED) is 0.646. The number of rotatable bonds is 3. The molecule has 3 heteroatoms. The van der Waals surface area contributed by atoms with Gasteiger partial charge in [-0.05, 0) is 11.6 Å². The van der Waals surface area contributed by atoms with Crippen molar-refractivity contribution in [1.82, 2.24) is 0 Å². The Labute approximate surface area is 117 Å². The van der Waals surface area contributed by atoms with Gasteiger partial charge in [-0.3, -0.25) is 0 Å². The van der Waals surface area contributed by atoms with Crippen molar-refractivity contribution in [3.05, 3.63) is 60.2 Å². The maximum atomic E-state index is 11.3. The molecule has 0 heterocycles. The van der Waals surface area contributed by atoms with Crippen LogP contribution in [0.3, 0.4) is 0 Å². The minimum absolute atomic E-state index is 0. The van der Waals surface area contributed by atoms with E-state index in [-0.39, 0.29) is 35.3 Å². The first kappa shape index (κ1) is 13.1. The fraction of sp³-hybridized carbons (Fsp3) is 0.0769. The zero-order valence-electron chi connectivity index (χ0n) is 9.22. The molecule has 0 bridgehead atoms. The normalized spacial score (nSPS) is 9.25. The third-order valence-electron chi connectivity index (χ3n) is 2.09. The first-order valence-corrected chi connectivity index (χ1v) is 4.79. The van der Waals surface area contributed by atoms with Gasteiger partial charge in [0.2, 0.25) is 0 Å². The fourth-order valence-corrected chi connectivity index (χ4v) is 1.30. The summed E-state index contributed by atoms with van der Waals surface area (Å²) in [6.45, 7) is 0.431. The topological polar surface area (TPSA) is 32.3 Å². The van der Waals surface area contributed by atoms with Crippen LogP contribution in [0.1, 0.15) is 5.56 Å². The summed E-state index contributed by atoms with van der Waals surface area (Å²) in [5, 5.41) is 11.3. The third kappa shape index (κ3) is 3.56. The molecule has 76 valence electrons. The molecule has 2 rings (SSSR count). The Balaban J connectivity index is 0.00000128. The Morgan fingerprint density at radius 2 is 1.50 bits per heavy atom. The molecule has 0 N–H and O–H groups in total. The van der Waals surface area contributed by atoms with Crippen LogP contribution in [0.2, 0.25) is 0 Å². The van der Waals surface area contributed by atoms with E-state index in [2.05, 4.69) is 0 Å². The Morgan fingerprint density at radius 3 is 2.19 bits per heavy atom. The number of hydrogen-bond donors (Lipinski definition) is 0. The van der Waals surface area contributed by atoms with Gasteiger partial charge in [-0.15, -0.1) is 0 Å². The van der Waals surface area contributed by atoms with Crippen molar-refractivity contribution in [3.63, 3.8) is 0 Å². The molecule has 0 aromatic heterocycles. The second-order valence-electron chi connectivity index (χ2n) is 3.22. The van der Waals surface area contributed by atoms with E-state index in [1.165, 1.54) is 6.07 Å². The molecule has 0 aliphatic carbocycles. The van der Waals surface area contributed by atoms with Crippen molar-refractivity contribution >= 4 is 0 Å². The van der Waals surface area contributed by atoms with Crippen molar-refractivity contribution in [2.45, 2.75) is 6.61 Å². The molecule has 0 amide bonds. The van der Waals surface area contributed by atoms with Crippen molar-refractivity contribution < 1.29 is 39.4 Å². The Bertz CT molecular complexity index is 429. The van der Waals surface area contributed by atoms with Crippen molar-refractivity contribution in [2.75, 3.05) is 0 Å². The first-order valence-electron chi connectivity index (χ1n) is 4.79. The molecular weight excluding hydrogens is 211 g/mol. The maximum Gasteiger partial charge on any atom is 1.00 e. The molecule has 2 nitrogen and oxygen atoms in total. The molecule has 0 fully saturated rings. The number of benzene rings is 2. The monoisotopic (exact) mass is 222 g/mol. The predicted molar refractivity (Wildman–Crippen MR) is 56.7 cm³/mol. The fourth-order valence-electron chi connectivity index (χ4n) is 1.30. The Morgan fingerprint density at radius 1 is 0.875 bits per heavy atom. The Kier molecular flexibility index (Phi) is 5.39. The predicted octanol–water partition coefficient (Wildman–Crippen LogP) is -0.657. The van der Waals surface area contributed by atoms with Crippen LogP contribution >= 0.6 is 0 Å². The molecule has 2 aromatic rings. The average Bonchev–Trinajstić information content (AvgIpc) is 2.29. The summed E-state index contributed by atoms with van der Waals surface area (Å²) < 4.78 is 5.41. The summed E-state index contributed by atoms with van der Waals surface area (Å²) >= 11 is 0. The van der Waals surface area contributed by atoms with Gasteiger partial charge >= 0.3 is 29.6 Å². The first-order chi connectivity index (χ1) is 7.36. The van der Waals surface area contributed by atoms with Crippen molar-refractivity contribution in [3.8, 4) is 11.5 Å². The molecule has 0 atom stereocenters. The van der Waals surface area contributed by atoms with Crippen LogP contribution in [0.25, 0.3) is 0 Å². The van der Waals surface area contributed by atoms with Crippen LogP contribution in [0.15, 0.2) is 54.6 Å². The minimum atomic E-state index is -0.0755. The largest absolute Gasteiger partial charge is 1.00 e. The maximum absolute atomic E-state index is 11.3. The van der Waals surface area contributed by atoms with Crippen LogP contribution in [-0.4, -0.2) is 0 Å². The van der Waals surface area contributed by atoms with Gasteiger partial charge in [-0.25, -0.2) is 0 Å². The van der Waals surface area contributed by atoms with Crippen molar-refractivity contribution in [2.24, 2.45) is 0 Å². The van der Waals surface area contributed by atoms with Crippen LogP contribution in [0.5, 0.6) is 11.5 Å². The van der Waals surface area contributed by atoms with E-state index >= 15 is 0 Å². The van der Waals surface area contributed by atoms with E-state index in [0.29, 0.717) is 12.4 Å². The minimum Gasteiger partial charge on any atom is -0.870 e. The number of hydrogen-bond acceptors (Lipinski definition) is 2. The van der Waals surface area contributed by atoms with Gasteiger partial charge in [0.05, 0.1) is 0 Å². The van der Waals surface area contributed by atoms with Gasteiger partial charge in [0.1, 0.15) is 12.4 Å². The molecule has 0 radical (unpaired) electrons.